The molecule has 3 aliphatic rings. The van der Waals surface area contributed by atoms with Crippen LogP contribution in [-0.2, 0) is 11.3 Å². The number of halogens is 2. The molecule has 1 N–H and O–H groups in total. The van der Waals surface area contributed by atoms with Crippen molar-refractivity contribution in [3.05, 3.63) is 23.0 Å². The molecule has 198 valence electrons. The average Bonchev–Trinajstić information content (AvgIpc) is 3.25. The van der Waals surface area contributed by atoms with Crippen LogP contribution in [-0.4, -0.2) is 31.5 Å². The third-order valence-electron chi connectivity index (χ3n) is 10.3. The highest BCUT2D eigenvalue weighted by molar-refractivity contribution is 6.31. The Morgan fingerprint density at radius 1 is 1.22 bits per heavy atom. The minimum atomic E-state index is -0.586. The second kappa shape index (κ2) is 9.98. The van der Waals surface area contributed by atoms with Gasteiger partial charge in [0, 0.05) is 5.92 Å². The summed E-state index contributed by atoms with van der Waals surface area (Å²) in [6, 6.07) is 3.10. The maximum absolute atomic E-state index is 14.3. The van der Waals surface area contributed by atoms with E-state index in [9.17, 15) is 14.3 Å². The Kier molecular flexibility index (Phi) is 7.23. The molecule has 3 fully saturated rings. The summed E-state index contributed by atoms with van der Waals surface area (Å²) in [5.74, 6) is 2.35. The van der Waals surface area contributed by atoms with Gasteiger partial charge in [-0.3, -0.25) is 4.79 Å². The lowest BCUT2D eigenvalue weighted by Crippen LogP contribution is -2.53. The maximum atomic E-state index is 14.3. The van der Waals surface area contributed by atoms with Crippen LogP contribution in [0.2, 0.25) is 5.02 Å². The number of aromatic nitrogens is 3. The number of nitrogens with zero attached hydrogens (tertiary/aromatic N) is 3. The van der Waals surface area contributed by atoms with Gasteiger partial charge in [0.15, 0.2) is 11.6 Å². The van der Waals surface area contributed by atoms with Gasteiger partial charge < -0.3 is 5.11 Å². The standard InChI is InChI=1S/C29H41ClFN3O2/c1-4-18(25(35)17-34-32-24-13-12-23(30)26(31)27(24)33-34)8-9-19-6-5-7-22-21(19)11-10-20-16-28(2,36)14-15-29(20,22)3/h12-13,18-22,36H,4-11,14-17H2,1-3H3/t18-,19+,20-,21+,22+,28-,29+/m1/s1. The minimum Gasteiger partial charge on any atom is -0.390 e. The molecule has 0 radical (unpaired) electrons. The first-order valence-electron chi connectivity index (χ1n) is 14.0. The molecule has 1 aromatic heterocycles. The van der Waals surface area contributed by atoms with Gasteiger partial charge in [-0.25, -0.2) is 4.39 Å². The Balaban J connectivity index is 1.22. The van der Waals surface area contributed by atoms with E-state index in [0.29, 0.717) is 22.8 Å². The van der Waals surface area contributed by atoms with Crippen LogP contribution in [0.1, 0.15) is 91.4 Å². The van der Waals surface area contributed by atoms with E-state index in [0.717, 1.165) is 50.4 Å². The zero-order valence-corrected chi connectivity index (χ0v) is 22.7. The van der Waals surface area contributed by atoms with Crippen molar-refractivity contribution < 1.29 is 14.3 Å². The molecule has 0 amide bonds. The molecular weight excluding hydrogens is 477 g/mol. The molecule has 7 atom stereocenters. The summed E-state index contributed by atoms with van der Waals surface area (Å²) in [5.41, 5.74) is 0.396. The lowest BCUT2D eigenvalue weighted by Gasteiger charge is -2.59. The fourth-order valence-electron chi connectivity index (χ4n) is 8.21. The van der Waals surface area contributed by atoms with Gasteiger partial charge in [-0.15, -0.1) is 5.10 Å². The number of carbonyl (C=O) groups excluding carboxylic acids is 1. The Hall–Kier alpha value is -1.53. The quantitative estimate of drug-likeness (QED) is 0.430. The van der Waals surface area contributed by atoms with Crippen LogP contribution >= 0.6 is 11.6 Å². The lowest BCUT2D eigenvalue weighted by atomic mass is 9.46. The average molecular weight is 518 g/mol. The molecule has 0 spiro atoms. The maximum Gasteiger partial charge on any atom is 0.171 e. The molecule has 1 aromatic carbocycles. The summed E-state index contributed by atoms with van der Waals surface area (Å²) in [5, 5.41) is 19.2. The first-order valence-corrected chi connectivity index (χ1v) is 14.4. The molecule has 1 heterocycles. The van der Waals surface area contributed by atoms with Crippen molar-refractivity contribution in [2.45, 2.75) is 104 Å². The van der Waals surface area contributed by atoms with Crippen molar-refractivity contribution in [1.82, 2.24) is 15.0 Å². The summed E-state index contributed by atoms with van der Waals surface area (Å²) >= 11 is 5.87. The highest BCUT2D eigenvalue weighted by Gasteiger charge is 2.54. The number of fused-ring (bicyclic) bond motifs is 4. The van der Waals surface area contributed by atoms with Crippen molar-refractivity contribution >= 4 is 28.4 Å². The summed E-state index contributed by atoms with van der Waals surface area (Å²) in [6.45, 7) is 6.69. The van der Waals surface area contributed by atoms with Crippen LogP contribution in [0, 0.1) is 40.8 Å². The zero-order valence-electron chi connectivity index (χ0n) is 22.0. The largest absolute Gasteiger partial charge is 0.390 e. The topological polar surface area (TPSA) is 68.0 Å². The number of carbonyl (C=O) groups is 1. The summed E-state index contributed by atoms with van der Waals surface area (Å²) in [7, 11) is 0. The molecule has 3 saturated carbocycles. The van der Waals surface area contributed by atoms with E-state index in [4.69, 9.17) is 11.6 Å². The van der Waals surface area contributed by atoms with Crippen molar-refractivity contribution in [3.8, 4) is 0 Å². The van der Waals surface area contributed by atoms with E-state index in [-0.39, 0.29) is 28.8 Å². The molecule has 7 heteroatoms. The number of rotatable bonds is 7. The van der Waals surface area contributed by atoms with Gasteiger partial charge in [0.05, 0.1) is 10.6 Å². The molecule has 0 bridgehead atoms. The van der Waals surface area contributed by atoms with Gasteiger partial charge in [0.1, 0.15) is 17.6 Å². The Morgan fingerprint density at radius 3 is 2.81 bits per heavy atom. The third kappa shape index (κ3) is 4.84. The van der Waals surface area contributed by atoms with Gasteiger partial charge >= 0.3 is 0 Å². The second-order valence-corrected chi connectivity index (χ2v) is 13.0. The van der Waals surface area contributed by atoms with E-state index in [1.165, 1.54) is 43.0 Å². The summed E-state index contributed by atoms with van der Waals surface area (Å²) in [6.07, 6.45) is 12.2. The predicted molar refractivity (Wildman–Crippen MR) is 140 cm³/mol. The van der Waals surface area contributed by atoms with Crippen molar-refractivity contribution in [2.75, 3.05) is 0 Å². The number of Topliss-reactive ketones (excluding diaryl/α,β-unsaturated/α-hetero) is 1. The van der Waals surface area contributed by atoms with Gasteiger partial charge in [0.2, 0.25) is 0 Å². The minimum absolute atomic E-state index is 0.0135. The second-order valence-electron chi connectivity index (χ2n) is 12.6. The van der Waals surface area contributed by atoms with Crippen LogP contribution in [0.4, 0.5) is 4.39 Å². The van der Waals surface area contributed by atoms with Crippen molar-refractivity contribution in [1.29, 1.82) is 0 Å². The molecule has 0 aliphatic heterocycles. The highest BCUT2D eigenvalue weighted by Crippen LogP contribution is 2.61. The summed E-state index contributed by atoms with van der Waals surface area (Å²) < 4.78 is 14.3. The monoisotopic (exact) mass is 517 g/mol. The molecule has 36 heavy (non-hydrogen) atoms. The normalized spacial score (nSPS) is 35.3. The lowest BCUT2D eigenvalue weighted by molar-refractivity contribution is -0.129. The Bertz CT molecular complexity index is 1120. The van der Waals surface area contributed by atoms with Crippen molar-refractivity contribution in [3.63, 3.8) is 0 Å². The number of hydrogen-bond acceptors (Lipinski definition) is 4. The zero-order chi connectivity index (χ0) is 25.7. The number of aliphatic hydroxyl groups is 1. The molecular formula is C29H41ClFN3O2. The smallest absolute Gasteiger partial charge is 0.171 e. The van der Waals surface area contributed by atoms with Crippen LogP contribution < -0.4 is 0 Å². The van der Waals surface area contributed by atoms with E-state index in [1.54, 1.807) is 6.07 Å². The van der Waals surface area contributed by atoms with Gasteiger partial charge in [0.25, 0.3) is 0 Å². The fourth-order valence-corrected chi connectivity index (χ4v) is 8.36. The van der Waals surface area contributed by atoms with Gasteiger partial charge in [-0.1, -0.05) is 38.3 Å². The SMILES string of the molecule is CC[C@H](CC[C@@H]1CCC[C@H]2[C@H]1CC[C@@H]1C[C@](C)(O)CC[C@@]12C)C(=O)Cn1nc2ccc(Cl)c(F)c2n1. The van der Waals surface area contributed by atoms with E-state index >= 15 is 0 Å². The fraction of sp³-hybridized carbons (Fsp3) is 0.759. The number of benzene rings is 1. The van der Waals surface area contributed by atoms with E-state index in [2.05, 4.69) is 24.0 Å². The highest BCUT2D eigenvalue weighted by atomic mass is 35.5. The summed E-state index contributed by atoms with van der Waals surface area (Å²) in [4.78, 5) is 14.5. The Labute approximate surface area is 219 Å². The molecule has 3 aliphatic carbocycles. The number of hydrogen-bond donors (Lipinski definition) is 1. The first-order chi connectivity index (χ1) is 17.1. The molecule has 5 rings (SSSR count). The first kappa shape index (κ1) is 26.1. The van der Waals surface area contributed by atoms with Gasteiger partial charge in [-0.2, -0.15) is 9.90 Å². The molecule has 0 unspecified atom stereocenters. The predicted octanol–water partition coefficient (Wildman–Crippen LogP) is 6.98. The van der Waals surface area contributed by atoms with E-state index in [1.807, 2.05) is 6.92 Å². The molecule has 5 nitrogen and oxygen atoms in total. The van der Waals surface area contributed by atoms with Crippen LogP contribution in [0.5, 0.6) is 0 Å². The van der Waals surface area contributed by atoms with Crippen molar-refractivity contribution in [2.24, 2.45) is 35.0 Å². The Morgan fingerprint density at radius 2 is 2.03 bits per heavy atom. The van der Waals surface area contributed by atoms with Crippen LogP contribution in [0.25, 0.3) is 11.0 Å². The van der Waals surface area contributed by atoms with Gasteiger partial charge in [-0.05, 0) is 106 Å². The number of ketones is 1. The third-order valence-corrected chi connectivity index (χ3v) is 10.6. The van der Waals surface area contributed by atoms with Crippen LogP contribution in [0.3, 0.4) is 0 Å². The van der Waals surface area contributed by atoms with Crippen LogP contribution in [0.15, 0.2) is 12.1 Å². The molecule has 0 saturated heterocycles. The molecule has 2 aromatic rings. The van der Waals surface area contributed by atoms with E-state index < -0.39 is 11.4 Å².